The van der Waals surface area contributed by atoms with Gasteiger partial charge in [-0.05, 0) is 72.5 Å². The Balaban J connectivity index is 1.34. The molecule has 4 rings (SSSR count). The molecule has 0 unspecified atom stereocenters. The fraction of sp³-hybridized carbons (Fsp3) is 0.346. The summed E-state index contributed by atoms with van der Waals surface area (Å²) >= 11 is 0. The van der Waals surface area contributed by atoms with E-state index in [-0.39, 0.29) is 11.8 Å². The molecule has 3 aromatic rings. The lowest BCUT2D eigenvalue weighted by Gasteiger charge is -2.15. The third-order valence-electron chi connectivity index (χ3n) is 6.06. The van der Waals surface area contributed by atoms with Gasteiger partial charge in [-0.15, -0.1) is 0 Å². The maximum absolute atomic E-state index is 12.7. The molecule has 3 aromatic carbocycles. The molecule has 1 fully saturated rings. The Labute approximate surface area is 178 Å². The molecule has 0 radical (unpaired) electrons. The van der Waals surface area contributed by atoms with Crippen LogP contribution in [0.1, 0.15) is 42.4 Å². The normalized spacial score (nSPS) is 15.3. The zero-order valence-corrected chi connectivity index (χ0v) is 17.9. The second-order valence-electron chi connectivity index (χ2n) is 8.21. The maximum atomic E-state index is 12.7. The van der Waals surface area contributed by atoms with Crippen molar-refractivity contribution in [3.63, 3.8) is 0 Å². The Kier molecular flexibility index (Phi) is 6.34. The third kappa shape index (κ3) is 4.82. The average Bonchev–Trinajstić information content (AvgIpc) is 3.30. The van der Waals surface area contributed by atoms with Gasteiger partial charge >= 0.3 is 0 Å². The van der Waals surface area contributed by atoms with Crippen LogP contribution in [0.15, 0.2) is 60.7 Å². The number of likely N-dealkylation sites (tertiary alicyclic amines) is 1. The van der Waals surface area contributed by atoms with Crippen molar-refractivity contribution in [2.45, 2.75) is 38.8 Å². The fourth-order valence-corrected chi connectivity index (χ4v) is 4.09. The van der Waals surface area contributed by atoms with E-state index in [0.29, 0.717) is 6.54 Å². The van der Waals surface area contributed by atoms with Crippen LogP contribution in [0.2, 0.25) is 0 Å². The predicted octanol–water partition coefficient (Wildman–Crippen LogP) is 4.86. The van der Waals surface area contributed by atoms with Crippen molar-refractivity contribution in [1.29, 1.82) is 0 Å². The maximum Gasteiger partial charge on any atom is 0.227 e. The molecule has 30 heavy (non-hydrogen) atoms. The summed E-state index contributed by atoms with van der Waals surface area (Å²) in [4.78, 5) is 15.2. The molecule has 4 nitrogen and oxygen atoms in total. The Morgan fingerprint density at radius 1 is 0.967 bits per heavy atom. The van der Waals surface area contributed by atoms with E-state index in [0.717, 1.165) is 34.2 Å². The average molecular weight is 403 g/mol. The molecular weight excluding hydrogens is 372 g/mol. The lowest BCUT2D eigenvalue weighted by atomic mass is 9.97. The molecule has 0 saturated carbocycles. The van der Waals surface area contributed by atoms with Gasteiger partial charge in [0.25, 0.3) is 0 Å². The third-order valence-corrected chi connectivity index (χ3v) is 6.06. The van der Waals surface area contributed by atoms with Crippen molar-refractivity contribution < 1.29 is 9.53 Å². The van der Waals surface area contributed by atoms with Gasteiger partial charge in [0.2, 0.25) is 5.91 Å². The molecule has 156 valence electrons. The summed E-state index contributed by atoms with van der Waals surface area (Å²) in [6.45, 7) is 5.95. The predicted molar refractivity (Wildman–Crippen MR) is 122 cm³/mol. The van der Waals surface area contributed by atoms with Gasteiger partial charge in [-0.3, -0.25) is 9.69 Å². The molecule has 0 spiro atoms. The van der Waals surface area contributed by atoms with E-state index in [4.69, 9.17) is 4.74 Å². The van der Waals surface area contributed by atoms with Crippen LogP contribution in [-0.2, 0) is 17.9 Å². The van der Waals surface area contributed by atoms with Crippen LogP contribution in [0.5, 0.6) is 5.75 Å². The molecule has 4 heteroatoms. The second kappa shape index (κ2) is 9.31. The van der Waals surface area contributed by atoms with Gasteiger partial charge in [0, 0.05) is 13.1 Å². The number of carbonyl (C=O) groups excluding carboxylic acids is 1. The summed E-state index contributed by atoms with van der Waals surface area (Å²) in [5, 5.41) is 5.31. The van der Waals surface area contributed by atoms with Crippen molar-refractivity contribution in [2.75, 3.05) is 20.2 Å². The number of rotatable bonds is 7. The van der Waals surface area contributed by atoms with Gasteiger partial charge in [-0.1, -0.05) is 48.5 Å². The molecule has 1 amide bonds. The van der Waals surface area contributed by atoms with Crippen LogP contribution in [0.4, 0.5) is 0 Å². The molecule has 0 bridgehead atoms. The number of fused-ring (bicyclic) bond motifs is 1. The summed E-state index contributed by atoms with van der Waals surface area (Å²) < 4.78 is 5.29. The van der Waals surface area contributed by atoms with Gasteiger partial charge in [-0.2, -0.15) is 0 Å². The molecular formula is C26H30N2O2. The Morgan fingerprint density at radius 2 is 1.63 bits per heavy atom. The highest BCUT2D eigenvalue weighted by molar-refractivity contribution is 5.88. The van der Waals surface area contributed by atoms with Crippen LogP contribution in [0.3, 0.4) is 0 Å². The summed E-state index contributed by atoms with van der Waals surface area (Å²) in [5.74, 6) is 0.683. The molecule has 1 aliphatic heterocycles. The van der Waals surface area contributed by atoms with Crippen LogP contribution in [-0.4, -0.2) is 31.0 Å². The minimum absolute atomic E-state index is 0.0454. The fourth-order valence-electron chi connectivity index (χ4n) is 4.09. The zero-order valence-electron chi connectivity index (χ0n) is 17.9. The van der Waals surface area contributed by atoms with E-state index >= 15 is 0 Å². The topological polar surface area (TPSA) is 41.6 Å². The van der Waals surface area contributed by atoms with Crippen molar-refractivity contribution in [2.24, 2.45) is 0 Å². The minimum atomic E-state index is -0.203. The first-order valence-electron chi connectivity index (χ1n) is 10.8. The van der Waals surface area contributed by atoms with E-state index in [9.17, 15) is 4.79 Å². The summed E-state index contributed by atoms with van der Waals surface area (Å²) in [6, 6.07) is 20.8. The van der Waals surface area contributed by atoms with Gasteiger partial charge in [0.15, 0.2) is 0 Å². The number of hydrogen-bond donors (Lipinski definition) is 1. The SMILES string of the molecule is COc1ccc2cc([C@H](C)C(=O)NCc3ccc(CN4CCCC4)cc3)ccc2c1. The highest BCUT2D eigenvalue weighted by Crippen LogP contribution is 2.25. The first-order chi connectivity index (χ1) is 14.6. The molecule has 1 N–H and O–H groups in total. The molecule has 0 aliphatic carbocycles. The van der Waals surface area contributed by atoms with Crippen LogP contribution < -0.4 is 10.1 Å². The van der Waals surface area contributed by atoms with Crippen LogP contribution >= 0.6 is 0 Å². The van der Waals surface area contributed by atoms with Crippen LogP contribution in [0, 0.1) is 0 Å². The highest BCUT2D eigenvalue weighted by Gasteiger charge is 2.16. The highest BCUT2D eigenvalue weighted by atomic mass is 16.5. The number of carbonyl (C=O) groups is 1. The van der Waals surface area contributed by atoms with E-state index in [1.54, 1.807) is 7.11 Å². The molecule has 1 saturated heterocycles. The summed E-state index contributed by atoms with van der Waals surface area (Å²) in [6.07, 6.45) is 2.63. The number of nitrogens with zero attached hydrogens (tertiary/aromatic N) is 1. The number of amides is 1. The standard InChI is InChI=1S/C26H30N2O2/c1-19(22-9-10-24-16-25(30-2)12-11-23(24)15-22)26(29)27-17-20-5-7-21(8-6-20)18-28-13-3-4-14-28/h5-12,15-16,19H,3-4,13-14,17-18H2,1-2H3,(H,27,29)/t19-/m0/s1. The Morgan fingerprint density at radius 3 is 2.37 bits per heavy atom. The quantitative estimate of drug-likeness (QED) is 0.613. The zero-order chi connectivity index (χ0) is 20.9. The van der Waals surface area contributed by atoms with Gasteiger partial charge < -0.3 is 10.1 Å². The lowest BCUT2D eigenvalue weighted by Crippen LogP contribution is -2.27. The smallest absolute Gasteiger partial charge is 0.227 e. The van der Waals surface area contributed by atoms with E-state index < -0.39 is 0 Å². The minimum Gasteiger partial charge on any atom is -0.497 e. The molecule has 0 aromatic heterocycles. The molecule has 1 aliphatic rings. The van der Waals surface area contributed by atoms with E-state index in [1.165, 1.54) is 31.5 Å². The number of ether oxygens (including phenoxy) is 1. The van der Waals surface area contributed by atoms with E-state index in [2.05, 4.69) is 46.6 Å². The summed E-state index contributed by atoms with van der Waals surface area (Å²) in [7, 11) is 1.67. The van der Waals surface area contributed by atoms with Crippen molar-refractivity contribution in [3.8, 4) is 5.75 Å². The number of benzene rings is 3. The number of methoxy groups -OCH3 is 1. The molecule has 1 atom stereocenters. The Bertz CT molecular complexity index is 1010. The van der Waals surface area contributed by atoms with Gasteiger partial charge in [0.05, 0.1) is 13.0 Å². The van der Waals surface area contributed by atoms with E-state index in [1.807, 2.05) is 31.2 Å². The summed E-state index contributed by atoms with van der Waals surface area (Å²) in [5.41, 5.74) is 3.49. The van der Waals surface area contributed by atoms with Gasteiger partial charge in [-0.25, -0.2) is 0 Å². The number of hydrogen-bond acceptors (Lipinski definition) is 3. The first kappa shape index (κ1) is 20.4. The largest absolute Gasteiger partial charge is 0.497 e. The monoisotopic (exact) mass is 402 g/mol. The second-order valence-corrected chi connectivity index (χ2v) is 8.21. The van der Waals surface area contributed by atoms with Crippen LogP contribution in [0.25, 0.3) is 10.8 Å². The van der Waals surface area contributed by atoms with Crippen molar-refractivity contribution >= 4 is 16.7 Å². The number of nitrogens with one attached hydrogen (secondary N) is 1. The van der Waals surface area contributed by atoms with Gasteiger partial charge in [0.1, 0.15) is 5.75 Å². The van der Waals surface area contributed by atoms with Crippen molar-refractivity contribution in [1.82, 2.24) is 10.2 Å². The first-order valence-corrected chi connectivity index (χ1v) is 10.8. The van der Waals surface area contributed by atoms with Crippen molar-refractivity contribution in [3.05, 3.63) is 77.4 Å². The Hall–Kier alpha value is -2.85. The molecule has 1 heterocycles. The lowest BCUT2D eigenvalue weighted by molar-refractivity contribution is -0.122.